The molecule has 1 saturated heterocycles. The van der Waals surface area contributed by atoms with E-state index in [1.165, 1.54) is 0 Å². The Bertz CT molecular complexity index is 941. The third kappa shape index (κ3) is 3.65. The van der Waals surface area contributed by atoms with Crippen LogP contribution in [0.3, 0.4) is 0 Å². The molecule has 4 rings (SSSR count). The number of rotatable bonds is 5. The van der Waals surface area contributed by atoms with Crippen LogP contribution in [0.15, 0.2) is 65.3 Å². The number of fused-ring (bicyclic) bond motifs is 1. The van der Waals surface area contributed by atoms with Gasteiger partial charge in [0.25, 0.3) is 5.91 Å². The predicted octanol–water partition coefficient (Wildman–Crippen LogP) is 3.67. The normalized spacial score (nSPS) is 14.1. The first-order valence-electron chi connectivity index (χ1n) is 8.35. The van der Waals surface area contributed by atoms with Gasteiger partial charge < -0.3 is 14.4 Å². The second-order valence-electron chi connectivity index (χ2n) is 6.13. The summed E-state index contributed by atoms with van der Waals surface area (Å²) in [5, 5.41) is 2.24. The Morgan fingerprint density at radius 2 is 1.92 bits per heavy atom. The van der Waals surface area contributed by atoms with Crippen molar-refractivity contribution in [3.05, 3.63) is 65.3 Å². The van der Waals surface area contributed by atoms with E-state index in [2.05, 4.69) is 20.9 Å². The molecule has 0 bridgehead atoms. The predicted molar refractivity (Wildman–Crippen MR) is 102 cm³/mol. The number of nitrogens with zero attached hydrogens (tertiary/aromatic N) is 2. The van der Waals surface area contributed by atoms with E-state index < -0.39 is 0 Å². The molecular weight excluding hydrogens is 396 g/mol. The van der Waals surface area contributed by atoms with Crippen LogP contribution in [0.2, 0.25) is 0 Å². The Morgan fingerprint density at radius 1 is 1.12 bits per heavy atom. The molecule has 1 fully saturated rings. The van der Waals surface area contributed by atoms with Gasteiger partial charge in [-0.25, -0.2) is 4.98 Å². The lowest BCUT2D eigenvalue weighted by Gasteiger charge is -2.38. The van der Waals surface area contributed by atoms with Gasteiger partial charge in [-0.2, -0.15) is 0 Å². The van der Waals surface area contributed by atoms with Crippen molar-refractivity contribution in [1.29, 1.82) is 0 Å². The van der Waals surface area contributed by atoms with Gasteiger partial charge in [-0.1, -0.05) is 30.3 Å². The van der Waals surface area contributed by atoms with Crippen LogP contribution in [0.1, 0.15) is 0 Å². The molecule has 1 aliphatic heterocycles. The second-order valence-corrected chi connectivity index (χ2v) is 6.98. The number of ether oxygens (including phenoxy) is 2. The maximum Gasteiger partial charge on any atom is 0.260 e. The number of halogens is 1. The summed E-state index contributed by atoms with van der Waals surface area (Å²) in [4.78, 5) is 18.1. The Morgan fingerprint density at radius 3 is 2.73 bits per heavy atom. The van der Waals surface area contributed by atoms with Gasteiger partial charge in [-0.05, 0) is 51.0 Å². The lowest BCUT2D eigenvalue weighted by atomic mass is 10.1. The summed E-state index contributed by atoms with van der Waals surface area (Å²) in [6, 6.07) is 17.6. The Balaban J connectivity index is 1.27. The average molecular weight is 413 g/mol. The molecular formula is C20H17BrN2O3. The first-order chi connectivity index (χ1) is 12.7. The molecule has 0 saturated carbocycles. The van der Waals surface area contributed by atoms with Gasteiger partial charge in [0.2, 0.25) is 5.88 Å². The third-order valence-electron chi connectivity index (χ3n) is 4.29. The maximum atomic E-state index is 12.2. The van der Waals surface area contributed by atoms with Crippen molar-refractivity contribution in [3.63, 3.8) is 0 Å². The molecule has 3 aromatic rings. The lowest BCUT2D eigenvalue weighted by Crippen LogP contribution is -2.57. The van der Waals surface area contributed by atoms with Crippen molar-refractivity contribution >= 4 is 32.6 Å². The summed E-state index contributed by atoms with van der Waals surface area (Å²) < 4.78 is 12.2. The topological polar surface area (TPSA) is 51.7 Å². The van der Waals surface area contributed by atoms with Crippen LogP contribution >= 0.6 is 15.9 Å². The smallest absolute Gasteiger partial charge is 0.260 e. The maximum absolute atomic E-state index is 12.2. The fourth-order valence-corrected chi connectivity index (χ4v) is 3.17. The summed E-state index contributed by atoms with van der Waals surface area (Å²) >= 11 is 3.40. The van der Waals surface area contributed by atoms with E-state index in [1.807, 2.05) is 54.6 Å². The number of likely N-dealkylation sites (tertiary alicyclic amines) is 1. The highest BCUT2D eigenvalue weighted by Gasteiger charge is 2.33. The number of pyridine rings is 1. The highest BCUT2D eigenvalue weighted by Crippen LogP contribution is 2.25. The molecule has 2 aromatic carbocycles. The number of hydrogen-bond acceptors (Lipinski definition) is 4. The van der Waals surface area contributed by atoms with Crippen molar-refractivity contribution in [3.8, 4) is 11.6 Å². The van der Waals surface area contributed by atoms with E-state index in [4.69, 9.17) is 9.47 Å². The van der Waals surface area contributed by atoms with Crippen LogP contribution in [0.4, 0.5) is 0 Å². The van der Waals surface area contributed by atoms with Crippen molar-refractivity contribution < 1.29 is 14.3 Å². The molecule has 0 unspecified atom stereocenters. The third-order valence-corrected chi connectivity index (χ3v) is 4.89. The van der Waals surface area contributed by atoms with Crippen molar-refractivity contribution in [1.82, 2.24) is 9.88 Å². The molecule has 0 spiro atoms. The number of carbonyl (C=O) groups is 1. The van der Waals surface area contributed by atoms with E-state index in [0.29, 0.717) is 24.7 Å². The standard InChI is InChI=1S/C20H17BrN2O3/c21-18-6-3-9-22-20(18)26-17-11-23(12-17)19(24)13-25-16-8-7-14-4-1-2-5-15(14)10-16/h1-10,17H,11-13H2. The number of aromatic nitrogens is 1. The zero-order chi connectivity index (χ0) is 17.9. The molecule has 1 aromatic heterocycles. The van der Waals surface area contributed by atoms with Crippen LogP contribution in [0.25, 0.3) is 10.8 Å². The Kier molecular flexibility index (Phi) is 4.75. The number of carbonyl (C=O) groups excluding carboxylic acids is 1. The Hall–Kier alpha value is -2.60. The highest BCUT2D eigenvalue weighted by molar-refractivity contribution is 9.10. The monoisotopic (exact) mass is 412 g/mol. The van der Waals surface area contributed by atoms with Gasteiger partial charge in [0.05, 0.1) is 17.6 Å². The number of amides is 1. The first-order valence-corrected chi connectivity index (χ1v) is 9.15. The summed E-state index contributed by atoms with van der Waals surface area (Å²) in [5.41, 5.74) is 0. The minimum atomic E-state index is -0.0434. The van der Waals surface area contributed by atoms with E-state index in [-0.39, 0.29) is 18.6 Å². The summed E-state index contributed by atoms with van der Waals surface area (Å²) in [6.07, 6.45) is 1.64. The van der Waals surface area contributed by atoms with Crippen molar-refractivity contribution in [2.24, 2.45) is 0 Å². The van der Waals surface area contributed by atoms with Crippen LogP contribution in [-0.4, -0.2) is 41.6 Å². The molecule has 26 heavy (non-hydrogen) atoms. The molecule has 0 radical (unpaired) electrons. The van der Waals surface area contributed by atoms with Gasteiger partial charge in [0.1, 0.15) is 11.9 Å². The van der Waals surface area contributed by atoms with Gasteiger partial charge in [0, 0.05) is 6.20 Å². The van der Waals surface area contributed by atoms with Gasteiger partial charge >= 0.3 is 0 Å². The molecule has 0 aliphatic carbocycles. The van der Waals surface area contributed by atoms with Crippen LogP contribution in [0, 0.1) is 0 Å². The molecule has 6 heteroatoms. The summed E-state index contributed by atoms with van der Waals surface area (Å²) in [5.74, 6) is 1.21. The van der Waals surface area contributed by atoms with E-state index in [9.17, 15) is 4.79 Å². The zero-order valence-electron chi connectivity index (χ0n) is 14.0. The van der Waals surface area contributed by atoms with E-state index in [1.54, 1.807) is 11.1 Å². The van der Waals surface area contributed by atoms with Crippen LogP contribution in [0.5, 0.6) is 11.6 Å². The SMILES string of the molecule is O=C(COc1ccc2ccccc2c1)N1CC(Oc2ncccc2Br)C1. The van der Waals surface area contributed by atoms with Gasteiger partial charge in [-0.3, -0.25) is 4.79 Å². The largest absolute Gasteiger partial charge is 0.484 e. The summed E-state index contributed by atoms with van der Waals surface area (Å²) in [6.45, 7) is 1.12. The quantitative estimate of drug-likeness (QED) is 0.641. The molecule has 0 N–H and O–H groups in total. The van der Waals surface area contributed by atoms with Gasteiger partial charge in [0.15, 0.2) is 6.61 Å². The van der Waals surface area contributed by atoms with E-state index in [0.717, 1.165) is 15.2 Å². The molecule has 132 valence electrons. The lowest BCUT2D eigenvalue weighted by molar-refractivity contribution is -0.142. The van der Waals surface area contributed by atoms with Crippen molar-refractivity contribution in [2.45, 2.75) is 6.10 Å². The fourth-order valence-electron chi connectivity index (χ4n) is 2.83. The minimum absolute atomic E-state index is 0.0261. The fraction of sp³-hybridized carbons (Fsp3) is 0.200. The summed E-state index contributed by atoms with van der Waals surface area (Å²) in [7, 11) is 0. The Labute approximate surface area is 159 Å². The highest BCUT2D eigenvalue weighted by atomic mass is 79.9. The number of hydrogen-bond donors (Lipinski definition) is 0. The minimum Gasteiger partial charge on any atom is -0.484 e. The molecule has 5 nitrogen and oxygen atoms in total. The molecule has 2 heterocycles. The second kappa shape index (κ2) is 7.33. The van der Waals surface area contributed by atoms with E-state index >= 15 is 0 Å². The molecule has 1 amide bonds. The molecule has 0 atom stereocenters. The molecule has 1 aliphatic rings. The zero-order valence-corrected chi connectivity index (χ0v) is 15.6. The van der Waals surface area contributed by atoms with Crippen LogP contribution in [-0.2, 0) is 4.79 Å². The van der Waals surface area contributed by atoms with Gasteiger partial charge in [-0.15, -0.1) is 0 Å². The number of benzene rings is 2. The van der Waals surface area contributed by atoms with Crippen molar-refractivity contribution in [2.75, 3.05) is 19.7 Å². The first kappa shape index (κ1) is 16.8. The average Bonchev–Trinajstić information content (AvgIpc) is 2.63. The van der Waals surface area contributed by atoms with Crippen LogP contribution < -0.4 is 9.47 Å².